The summed E-state index contributed by atoms with van der Waals surface area (Å²) in [7, 11) is 0. The van der Waals surface area contributed by atoms with Crippen molar-refractivity contribution in [1.82, 2.24) is 5.32 Å². The van der Waals surface area contributed by atoms with Gasteiger partial charge >= 0.3 is 0 Å². The van der Waals surface area contributed by atoms with Gasteiger partial charge in [0.1, 0.15) is 6.07 Å². The lowest BCUT2D eigenvalue weighted by Gasteiger charge is -2.26. The summed E-state index contributed by atoms with van der Waals surface area (Å²) in [6.45, 7) is 5.32. The van der Waals surface area contributed by atoms with E-state index >= 15 is 0 Å². The molecule has 1 aromatic carbocycles. The van der Waals surface area contributed by atoms with E-state index in [9.17, 15) is 5.26 Å². The van der Waals surface area contributed by atoms with Gasteiger partial charge in [-0.2, -0.15) is 5.26 Å². The molecular formula is C14H17N3. The molecule has 2 atom stereocenters. The zero-order valence-electron chi connectivity index (χ0n) is 10.1. The monoisotopic (exact) mass is 227 g/mol. The number of anilines is 1. The second-order valence-corrected chi connectivity index (χ2v) is 5.10. The van der Waals surface area contributed by atoms with Crippen molar-refractivity contribution in [3.05, 3.63) is 29.3 Å². The fourth-order valence-corrected chi connectivity index (χ4v) is 3.14. The van der Waals surface area contributed by atoms with Crippen LogP contribution in [0.3, 0.4) is 0 Å². The summed E-state index contributed by atoms with van der Waals surface area (Å²) in [5, 5.41) is 12.7. The first-order valence-electron chi connectivity index (χ1n) is 6.27. The van der Waals surface area contributed by atoms with Gasteiger partial charge in [0.15, 0.2) is 0 Å². The van der Waals surface area contributed by atoms with E-state index in [-0.39, 0.29) is 0 Å². The number of nitriles is 1. The summed E-state index contributed by atoms with van der Waals surface area (Å²) < 4.78 is 0. The van der Waals surface area contributed by atoms with E-state index in [1.165, 1.54) is 6.42 Å². The van der Waals surface area contributed by atoms with Gasteiger partial charge in [-0.15, -0.1) is 0 Å². The molecule has 2 fully saturated rings. The molecule has 0 aromatic heterocycles. The van der Waals surface area contributed by atoms with Crippen molar-refractivity contribution in [3.63, 3.8) is 0 Å². The van der Waals surface area contributed by atoms with Crippen molar-refractivity contribution in [1.29, 1.82) is 5.26 Å². The van der Waals surface area contributed by atoms with Crippen LogP contribution >= 0.6 is 0 Å². The van der Waals surface area contributed by atoms with Crippen LogP contribution in [0.2, 0.25) is 0 Å². The summed E-state index contributed by atoms with van der Waals surface area (Å²) in [6.07, 6.45) is 1.25. The molecule has 0 bridgehead atoms. The summed E-state index contributed by atoms with van der Waals surface area (Å²) in [5.41, 5.74) is 3.09. The van der Waals surface area contributed by atoms with E-state index in [0.29, 0.717) is 6.04 Å². The Morgan fingerprint density at radius 2 is 2.29 bits per heavy atom. The molecule has 2 aliphatic rings. The molecule has 0 saturated carbocycles. The van der Waals surface area contributed by atoms with Gasteiger partial charge in [0.25, 0.3) is 0 Å². The van der Waals surface area contributed by atoms with E-state index in [4.69, 9.17) is 0 Å². The number of hydrogen-bond donors (Lipinski definition) is 1. The second-order valence-electron chi connectivity index (χ2n) is 5.10. The maximum atomic E-state index is 9.25. The summed E-state index contributed by atoms with van der Waals surface area (Å²) >= 11 is 0. The van der Waals surface area contributed by atoms with Crippen LogP contribution in [-0.4, -0.2) is 25.7 Å². The highest BCUT2D eigenvalue weighted by Crippen LogP contribution is 2.33. The van der Waals surface area contributed by atoms with Gasteiger partial charge in [0, 0.05) is 25.7 Å². The van der Waals surface area contributed by atoms with Crippen LogP contribution in [0.15, 0.2) is 18.2 Å². The van der Waals surface area contributed by atoms with E-state index in [2.05, 4.69) is 28.4 Å². The maximum Gasteiger partial charge on any atom is 0.101 e. The average Bonchev–Trinajstić information content (AvgIpc) is 2.91. The average molecular weight is 227 g/mol. The topological polar surface area (TPSA) is 39.1 Å². The van der Waals surface area contributed by atoms with E-state index in [0.717, 1.165) is 42.4 Å². The number of benzene rings is 1. The number of aryl methyl sites for hydroxylation is 1. The minimum Gasteiger partial charge on any atom is -0.366 e. The number of rotatable bonds is 1. The molecular weight excluding hydrogens is 210 g/mol. The molecule has 3 nitrogen and oxygen atoms in total. The van der Waals surface area contributed by atoms with Crippen LogP contribution in [0, 0.1) is 24.2 Å². The fourth-order valence-electron chi connectivity index (χ4n) is 3.14. The molecule has 2 aliphatic heterocycles. The van der Waals surface area contributed by atoms with Crippen LogP contribution in [-0.2, 0) is 0 Å². The van der Waals surface area contributed by atoms with Gasteiger partial charge in [-0.1, -0.05) is 6.07 Å². The fraction of sp³-hybridized carbons (Fsp3) is 0.500. The molecule has 2 saturated heterocycles. The lowest BCUT2D eigenvalue weighted by atomic mass is 10.0. The highest BCUT2D eigenvalue weighted by molar-refractivity contribution is 5.62. The second kappa shape index (κ2) is 4.05. The largest absolute Gasteiger partial charge is 0.366 e. The zero-order valence-corrected chi connectivity index (χ0v) is 10.1. The molecule has 0 spiro atoms. The molecule has 1 N–H and O–H groups in total. The highest BCUT2D eigenvalue weighted by atomic mass is 15.2. The Kier molecular flexibility index (Phi) is 2.53. The number of nitrogens with one attached hydrogen (secondary N) is 1. The Balaban J connectivity index is 1.97. The molecule has 0 amide bonds. The number of hydrogen-bond acceptors (Lipinski definition) is 3. The smallest absolute Gasteiger partial charge is 0.101 e. The zero-order chi connectivity index (χ0) is 11.8. The summed E-state index contributed by atoms with van der Waals surface area (Å²) in [5.74, 6) is 0.767. The lowest BCUT2D eigenvalue weighted by molar-refractivity contribution is 0.578. The first kappa shape index (κ1) is 10.6. The van der Waals surface area contributed by atoms with Crippen molar-refractivity contribution >= 4 is 5.69 Å². The first-order chi connectivity index (χ1) is 8.29. The molecule has 0 aliphatic carbocycles. The third-order valence-electron chi connectivity index (χ3n) is 4.03. The van der Waals surface area contributed by atoms with E-state index < -0.39 is 0 Å². The van der Waals surface area contributed by atoms with Crippen molar-refractivity contribution in [3.8, 4) is 6.07 Å². The Hall–Kier alpha value is -1.53. The normalized spacial score (nSPS) is 26.9. The maximum absolute atomic E-state index is 9.25. The third kappa shape index (κ3) is 1.69. The molecule has 1 aromatic rings. The van der Waals surface area contributed by atoms with Crippen LogP contribution in [0.5, 0.6) is 0 Å². The minimum atomic E-state index is 0.588. The molecule has 3 rings (SSSR count). The predicted octanol–water partition coefficient (Wildman–Crippen LogP) is 1.66. The van der Waals surface area contributed by atoms with Crippen LogP contribution in [0.25, 0.3) is 0 Å². The Morgan fingerprint density at radius 3 is 3.12 bits per heavy atom. The van der Waals surface area contributed by atoms with Crippen LogP contribution < -0.4 is 10.2 Å². The van der Waals surface area contributed by atoms with Crippen molar-refractivity contribution in [2.45, 2.75) is 19.4 Å². The van der Waals surface area contributed by atoms with Crippen molar-refractivity contribution in [2.75, 3.05) is 24.5 Å². The van der Waals surface area contributed by atoms with Gasteiger partial charge in [0.2, 0.25) is 0 Å². The SMILES string of the molecule is Cc1ccc(N2CC[C@H]3CNC[C@H]32)c(C#N)c1. The third-order valence-corrected chi connectivity index (χ3v) is 4.03. The van der Waals surface area contributed by atoms with Crippen LogP contribution in [0.1, 0.15) is 17.5 Å². The Labute approximate surface area is 102 Å². The molecule has 2 heterocycles. The van der Waals surface area contributed by atoms with Gasteiger partial charge in [-0.25, -0.2) is 0 Å². The Morgan fingerprint density at radius 1 is 1.41 bits per heavy atom. The van der Waals surface area contributed by atoms with E-state index in [1.54, 1.807) is 0 Å². The van der Waals surface area contributed by atoms with Gasteiger partial charge < -0.3 is 10.2 Å². The molecule has 0 unspecified atom stereocenters. The standard InChI is InChI=1S/C14H17N3/c1-10-2-3-13(12(6-10)7-15)17-5-4-11-8-16-9-14(11)17/h2-3,6,11,14,16H,4-5,8-9H2,1H3/t11-,14+/m0/s1. The molecule has 0 radical (unpaired) electrons. The van der Waals surface area contributed by atoms with Crippen molar-refractivity contribution in [2.24, 2.45) is 5.92 Å². The summed E-state index contributed by atoms with van der Waals surface area (Å²) in [6, 6.07) is 9.12. The van der Waals surface area contributed by atoms with Gasteiger partial charge in [-0.3, -0.25) is 0 Å². The molecule has 88 valence electrons. The quantitative estimate of drug-likeness (QED) is 0.793. The number of nitrogens with zero attached hydrogens (tertiary/aromatic N) is 2. The molecule has 3 heteroatoms. The lowest BCUT2D eigenvalue weighted by Crippen LogP contribution is -2.34. The van der Waals surface area contributed by atoms with Gasteiger partial charge in [-0.05, 0) is 37.0 Å². The predicted molar refractivity (Wildman–Crippen MR) is 68.0 cm³/mol. The van der Waals surface area contributed by atoms with Crippen molar-refractivity contribution < 1.29 is 0 Å². The number of fused-ring (bicyclic) bond motifs is 1. The van der Waals surface area contributed by atoms with Gasteiger partial charge in [0.05, 0.1) is 11.3 Å². The van der Waals surface area contributed by atoms with E-state index in [1.807, 2.05) is 13.0 Å². The summed E-state index contributed by atoms with van der Waals surface area (Å²) in [4.78, 5) is 2.42. The highest BCUT2D eigenvalue weighted by Gasteiger charge is 2.38. The first-order valence-corrected chi connectivity index (χ1v) is 6.27. The minimum absolute atomic E-state index is 0.588. The molecule has 17 heavy (non-hydrogen) atoms. The Bertz CT molecular complexity index is 475. The van der Waals surface area contributed by atoms with Crippen LogP contribution in [0.4, 0.5) is 5.69 Å².